The molecule has 2 heterocycles. The minimum atomic E-state index is -1.11. The Morgan fingerprint density at radius 1 is 0.893 bits per heavy atom. The molecular formula is C21H17N3O4. The van der Waals surface area contributed by atoms with Gasteiger partial charge in [0.1, 0.15) is 0 Å². The van der Waals surface area contributed by atoms with Crippen molar-refractivity contribution in [1.29, 1.82) is 0 Å². The zero-order chi connectivity index (χ0) is 19.7. The van der Waals surface area contributed by atoms with Crippen LogP contribution in [0.5, 0.6) is 0 Å². The number of nitrogens with one attached hydrogen (secondary N) is 3. The molecule has 0 spiro atoms. The number of carbonyl (C=O) groups excluding carboxylic acids is 3. The van der Waals surface area contributed by atoms with Gasteiger partial charge in [0, 0.05) is 39.8 Å². The Morgan fingerprint density at radius 2 is 1.50 bits per heavy atom. The summed E-state index contributed by atoms with van der Waals surface area (Å²) in [6.07, 6.45) is 3.12. The van der Waals surface area contributed by atoms with E-state index < -0.39 is 23.7 Å². The number of fused-ring (bicyclic) bond motifs is 2. The van der Waals surface area contributed by atoms with Gasteiger partial charge in [-0.05, 0) is 12.1 Å². The quantitative estimate of drug-likeness (QED) is 0.283. The lowest BCUT2D eigenvalue weighted by Crippen LogP contribution is -2.38. The van der Waals surface area contributed by atoms with Crippen molar-refractivity contribution in [2.45, 2.75) is 6.04 Å². The van der Waals surface area contributed by atoms with E-state index in [-0.39, 0.29) is 5.56 Å². The number of hydrogen-bond acceptors (Lipinski definition) is 4. The number of amides is 1. The Kier molecular flexibility index (Phi) is 4.41. The van der Waals surface area contributed by atoms with Gasteiger partial charge in [-0.15, -0.1) is 0 Å². The van der Waals surface area contributed by atoms with Crippen LogP contribution in [-0.4, -0.2) is 34.7 Å². The summed E-state index contributed by atoms with van der Waals surface area (Å²) in [5, 5.41) is 3.92. The first-order chi connectivity index (χ1) is 13.6. The summed E-state index contributed by atoms with van der Waals surface area (Å²) in [7, 11) is 1.23. The number of hydrogen-bond donors (Lipinski definition) is 3. The van der Waals surface area contributed by atoms with E-state index in [1.165, 1.54) is 13.3 Å². The molecule has 0 saturated heterocycles. The molecule has 0 radical (unpaired) electrons. The van der Waals surface area contributed by atoms with Gasteiger partial charge in [0.25, 0.3) is 11.7 Å². The number of Topliss-reactive ketones (excluding diaryl/α,β-unsaturated/α-hetero) is 1. The molecule has 7 heteroatoms. The van der Waals surface area contributed by atoms with Crippen LogP contribution in [0.25, 0.3) is 21.8 Å². The Labute approximate surface area is 159 Å². The Bertz CT molecular complexity index is 1200. The van der Waals surface area contributed by atoms with Crippen LogP contribution in [-0.2, 0) is 14.3 Å². The summed E-state index contributed by atoms with van der Waals surface area (Å²) in [6, 6.07) is 13.4. The van der Waals surface area contributed by atoms with E-state index in [0.29, 0.717) is 10.9 Å². The van der Waals surface area contributed by atoms with Crippen molar-refractivity contribution >= 4 is 39.5 Å². The summed E-state index contributed by atoms with van der Waals surface area (Å²) in [5.74, 6) is -2.28. The van der Waals surface area contributed by atoms with E-state index in [9.17, 15) is 14.4 Å². The number of para-hydroxylation sites is 2. The first kappa shape index (κ1) is 17.5. The number of carbonyl (C=O) groups is 3. The SMILES string of the molecule is COC(=O)C(NC(=O)C(=O)c1c[nH]c2ccccc12)c1c[nH]c2ccccc12. The number of benzene rings is 2. The number of esters is 1. The lowest BCUT2D eigenvalue weighted by molar-refractivity contribution is -0.144. The highest BCUT2D eigenvalue weighted by Crippen LogP contribution is 2.25. The molecule has 0 aliphatic rings. The molecule has 4 aromatic rings. The highest BCUT2D eigenvalue weighted by Gasteiger charge is 2.29. The second kappa shape index (κ2) is 7.03. The highest BCUT2D eigenvalue weighted by molar-refractivity contribution is 6.45. The van der Waals surface area contributed by atoms with Crippen LogP contribution in [0.4, 0.5) is 0 Å². The first-order valence-electron chi connectivity index (χ1n) is 8.65. The van der Waals surface area contributed by atoms with Crippen LogP contribution >= 0.6 is 0 Å². The van der Waals surface area contributed by atoms with Crippen molar-refractivity contribution in [2.24, 2.45) is 0 Å². The van der Waals surface area contributed by atoms with Gasteiger partial charge in [-0.2, -0.15) is 0 Å². The van der Waals surface area contributed by atoms with Crippen LogP contribution in [0.1, 0.15) is 22.0 Å². The fraction of sp³-hybridized carbons (Fsp3) is 0.0952. The van der Waals surface area contributed by atoms with Crippen LogP contribution in [0.3, 0.4) is 0 Å². The van der Waals surface area contributed by atoms with Gasteiger partial charge in [-0.3, -0.25) is 9.59 Å². The van der Waals surface area contributed by atoms with E-state index >= 15 is 0 Å². The number of aromatic amines is 2. The lowest BCUT2D eigenvalue weighted by atomic mass is 10.0. The lowest BCUT2D eigenvalue weighted by Gasteiger charge is -2.15. The molecule has 0 bridgehead atoms. The number of rotatable bonds is 5. The Hall–Kier alpha value is -3.87. The second-order valence-electron chi connectivity index (χ2n) is 6.30. The average molecular weight is 375 g/mol. The zero-order valence-electron chi connectivity index (χ0n) is 15.0. The number of H-pyrrole nitrogens is 2. The van der Waals surface area contributed by atoms with Gasteiger partial charge >= 0.3 is 5.97 Å². The predicted molar refractivity (Wildman–Crippen MR) is 104 cm³/mol. The van der Waals surface area contributed by atoms with Crippen molar-refractivity contribution in [2.75, 3.05) is 7.11 Å². The van der Waals surface area contributed by atoms with E-state index in [1.54, 1.807) is 18.3 Å². The fourth-order valence-electron chi connectivity index (χ4n) is 3.29. The molecule has 1 unspecified atom stereocenters. The molecule has 0 aliphatic carbocycles. The van der Waals surface area contributed by atoms with Crippen molar-refractivity contribution in [3.8, 4) is 0 Å². The third kappa shape index (κ3) is 2.92. The maximum absolute atomic E-state index is 12.7. The van der Waals surface area contributed by atoms with Gasteiger partial charge in [0.2, 0.25) is 0 Å². The van der Waals surface area contributed by atoms with E-state index in [4.69, 9.17) is 4.74 Å². The van der Waals surface area contributed by atoms with Crippen LogP contribution in [0.2, 0.25) is 0 Å². The average Bonchev–Trinajstić information content (AvgIpc) is 3.35. The minimum absolute atomic E-state index is 0.246. The van der Waals surface area contributed by atoms with Crippen molar-refractivity contribution in [3.63, 3.8) is 0 Å². The zero-order valence-corrected chi connectivity index (χ0v) is 15.0. The molecule has 1 atom stereocenters. The number of aromatic nitrogens is 2. The first-order valence-corrected chi connectivity index (χ1v) is 8.65. The van der Waals surface area contributed by atoms with Crippen molar-refractivity contribution in [1.82, 2.24) is 15.3 Å². The molecule has 0 saturated carbocycles. The molecule has 3 N–H and O–H groups in total. The normalized spacial score (nSPS) is 12.0. The highest BCUT2D eigenvalue weighted by atomic mass is 16.5. The Balaban J connectivity index is 1.66. The molecule has 140 valence electrons. The third-order valence-electron chi connectivity index (χ3n) is 4.68. The molecule has 28 heavy (non-hydrogen) atoms. The third-order valence-corrected chi connectivity index (χ3v) is 4.68. The van der Waals surface area contributed by atoms with Gasteiger partial charge < -0.3 is 20.0 Å². The summed E-state index contributed by atoms with van der Waals surface area (Å²) < 4.78 is 4.84. The van der Waals surface area contributed by atoms with Crippen LogP contribution in [0.15, 0.2) is 60.9 Å². The van der Waals surface area contributed by atoms with E-state index in [0.717, 1.165) is 16.4 Å². The van der Waals surface area contributed by atoms with Gasteiger partial charge in [-0.1, -0.05) is 36.4 Å². The van der Waals surface area contributed by atoms with Gasteiger partial charge in [0.05, 0.1) is 12.7 Å². The van der Waals surface area contributed by atoms with Crippen molar-refractivity contribution in [3.05, 3.63) is 72.1 Å². The van der Waals surface area contributed by atoms with Gasteiger partial charge in [-0.25, -0.2) is 4.79 Å². The summed E-state index contributed by atoms with van der Waals surface area (Å²) >= 11 is 0. The topological polar surface area (TPSA) is 104 Å². The molecule has 2 aromatic carbocycles. The standard InChI is InChI=1S/C21H17N3O4/c1-28-21(27)18(14-10-22-16-8-4-2-6-12(14)16)24-20(26)19(25)15-11-23-17-9-5-3-7-13(15)17/h2-11,18,22-23H,1H3,(H,24,26). The summed E-state index contributed by atoms with van der Waals surface area (Å²) in [6.45, 7) is 0. The Morgan fingerprint density at radius 3 is 2.21 bits per heavy atom. The van der Waals surface area contributed by atoms with Crippen LogP contribution < -0.4 is 5.32 Å². The molecule has 2 aromatic heterocycles. The minimum Gasteiger partial charge on any atom is -0.467 e. The second-order valence-corrected chi connectivity index (χ2v) is 6.30. The van der Waals surface area contributed by atoms with Crippen LogP contribution in [0, 0.1) is 0 Å². The number of ketones is 1. The summed E-state index contributed by atoms with van der Waals surface area (Å²) in [5.41, 5.74) is 2.33. The maximum atomic E-state index is 12.7. The molecule has 1 amide bonds. The van der Waals surface area contributed by atoms with Gasteiger partial charge in [0.15, 0.2) is 6.04 Å². The maximum Gasteiger partial charge on any atom is 0.333 e. The van der Waals surface area contributed by atoms with E-state index in [1.807, 2.05) is 36.4 Å². The largest absolute Gasteiger partial charge is 0.467 e. The summed E-state index contributed by atoms with van der Waals surface area (Å²) in [4.78, 5) is 43.7. The molecular weight excluding hydrogens is 358 g/mol. The van der Waals surface area contributed by atoms with Crippen molar-refractivity contribution < 1.29 is 19.1 Å². The predicted octanol–water partition coefficient (Wildman–Crippen LogP) is 2.86. The van der Waals surface area contributed by atoms with E-state index in [2.05, 4.69) is 15.3 Å². The monoisotopic (exact) mass is 375 g/mol. The number of ether oxygens (including phenoxy) is 1. The smallest absolute Gasteiger partial charge is 0.333 e. The molecule has 4 rings (SSSR count). The molecule has 0 aliphatic heterocycles. The molecule has 7 nitrogen and oxygen atoms in total. The molecule has 0 fully saturated rings. The fourth-order valence-corrected chi connectivity index (χ4v) is 3.29. The number of methoxy groups -OCH3 is 1.